The number of nitrogens with zero attached hydrogens (tertiary/aromatic N) is 1. The molecule has 1 aromatic carbocycles. The van der Waals surface area contributed by atoms with Gasteiger partial charge in [0.05, 0.1) is 17.5 Å². The normalized spacial score (nSPS) is 20.9. The van der Waals surface area contributed by atoms with Crippen LogP contribution in [0.4, 0.5) is 5.69 Å². The fraction of sp³-hybridized carbons (Fsp3) is 0.500. The Balaban J connectivity index is 2.40. The van der Waals surface area contributed by atoms with E-state index in [0.29, 0.717) is 6.42 Å². The summed E-state index contributed by atoms with van der Waals surface area (Å²) in [6.45, 7) is 3.90. The van der Waals surface area contributed by atoms with Crippen LogP contribution >= 0.6 is 11.6 Å². The summed E-state index contributed by atoms with van der Waals surface area (Å²) >= 11 is 5.69. The Morgan fingerprint density at radius 2 is 1.90 bits per heavy atom. The van der Waals surface area contributed by atoms with Gasteiger partial charge in [0.2, 0.25) is 5.91 Å². The molecule has 0 unspecified atom stereocenters. The van der Waals surface area contributed by atoms with Crippen LogP contribution in [0.25, 0.3) is 0 Å². The Hall–Kier alpha value is -1.07. The van der Waals surface area contributed by atoms with Crippen LogP contribution in [0.5, 0.6) is 0 Å². The van der Waals surface area contributed by atoms with E-state index in [9.17, 15) is 13.2 Å². The highest BCUT2D eigenvalue weighted by Gasteiger charge is 2.35. The number of sulfone groups is 1. The summed E-state index contributed by atoms with van der Waals surface area (Å²) in [7, 11) is -3.05. The van der Waals surface area contributed by atoms with Crippen molar-refractivity contribution in [2.75, 3.05) is 22.3 Å². The first-order valence-corrected chi connectivity index (χ1v) is 8.85. The van der Waals surface area contributed by atoms with Crippen molar-refractivity contribution in [3.8, 4) is 0 Å². The molecule has 4 nitrogen and oxygen atoms in total. The quantitative estimate of drug-likeness (QED) is 0.802. The van der Waals surface area contributed by atoms with Gasteiger partial charge in [-0.2, -0.15) is 0 Å². The smallest absolute Gasteiger partial charge is 0.242 e. The minimum atomic E-state index is -3.05. The molecule has 1 aliphatic rings. The van der Waals surface area contributed by atoms with Gasteiger partial charge in [0.1, 0.15) is 5.88 Å². The standard InChI is InChI=1S/C14H18ClNO3S/c1-10-5-11(2)7-13(6-10)16(14(17)8-15)12-3-4-20(18,19)9-12/h5-7,12H,3-4,8-9H2,1-2H3/t12-/m0/s1. The molecule has 1 heterocycles. The second-order valence-corrected chi connectivity index (χ2v) is 7.80. The number of halogens is 1. The number of benzene rings is 1. The maximum absolute atomic E-state index is 12.1. The molecule has 1 aliphatic heterocycles. The van der Waals surface area contributed by atoms with Crippen molar-refractivity contribution >= 4 is 33.0 Å². The lowest BCUT2D eigenvalue weighted by Gasteiger charge is -2.28. The predicted molar refractivity (Wildman–Crippen MR) is 81.2 cm³/mol. The van der Waals surface area contributed by atoms with Gasteiger partial charge >= 0.3 is 0 Å². The zero-order valence-corrected chi connectivity index (χ0v) is 13.2. The van der Waals surface area contributed by atoms with Gasteiger partial charge in [0.25, 0.3) is 0 Å². The summed E-state index contributed by atoms with van der Waals surface area (Å²) in [5.41, 5.74) is 2.80. The van der Waals surface area contributed by atoms with Crippen molar-refractivity contribution < 1.29 is 13.2 Å². The lowest BCUT2D eigenvalue weighted by Crippen LogP contribution is -2.42. The molecule has 1 fully saturated rings. The van der Waals surface area contributed by atoms with Crippen molar-refractivity contribution in [3.05, 3.63) is 29.3 Å². The molecule has 1 saturated heterocycles. The molecule has 1 atom stereocenters. The Morgan fingerprint density at radius 1 is 1.30 bits per heavy atom. The third kappa shape index (κ3) is 3.33. The van der Waals surface area contributed by atoms with Gasteiger partial charge in [-0.1, -0.05) is 6.07 Å². The van der Waals surface area contributed by atoms with Crippen molar-refractivity contribution in [3.63, 3.8) is 0 Å². The van der Waals surface area contributed by atoms with Crippen LogP contribution in [-0.4, -0.2) is 37.8 Å². The van der Waals surface area contributed by atoms with E-state index in [4.69, 9.17) is 11.6 Å². The van der Waals surface area contributed by atoms with E-state index in [1.807, 2.05) is 32.0 Å². The van der Waals surface area contributed by atoms with E-state index in [1.54, 1.807) is 4.90 Å². The highest BCUT2D eigenvalue weighted by atomic mass is 35.5. The molecule has 0 bridgehead atoms. The molecular formula is C14H18ClNO3S. The van der Waals surface area contributed by atoms with Crippen LogP contribution in [0, 0.1) is 13.8 Å². The fourth-order valence-corrected chi connectivity index (χ4v) is 4.52. The number of rotatable bonds is 3. The van der Waals surface area contributed by atoms with Gasteiger partial charge in [0.15, 0.2) is 9.84 Å². The van der Waals surface area contributed by atoms with Gasteiger partial charge in [0, 0.05) is 5.69 Å². The molecular weight excluding hydrogens is 298 g/mol. The van der Waals surface area contributed by atoms with Gasteiger partial charge in [-0.25, -0.2) is 8.42 Å². The lowest BCUT2D eigenvalue weighted by atomic mass is 10.1. The van der Waals surface area contributed by atoms with E-state index in [2.05, 4.69) is 0 Å². The average molecular weight is 316 g/mol. The second-order valence-electron chi connectivity index (χ2n) is 5.30. The first-order valence-electron chi connectivity index (χ1n) is 6.49. The minimum Gasteiger partial charge on any atom is -0.307 e. The van der Waals surface area contributed by atoms with Gasteiger partial charge in [-0.15, -0.1) is 11.6 Å². The number of hydrogen-bond donors (Lipinski definition) is 0. The maximum Gasteiger partial charge on any atom is 0.242 e. The molecule has 110 valence electrons. The molecule has 20 heavy (non-hydrogen) atoms. The number of anilines is 1. The van der Waals surface area contributed by atoms with Crippen LogP contribution < -0.4 is 4.90 Å². The van der Waals surface area contributed by atoms with E-state index < -0.39 is 9.84 Å². The molecule has 0 spiro atoms. The number of amides is 1. The fourth-order valence-electron chi connectivity index (χ4n) is 2.69. The van der Waals surface area contributed by atoms with Crippen molar-refractivity contribution in [1.29, 1.82) is 0 Å². The molecule has 2 rings (SSSR count). The van der Waals surface area contributed by atoms with E-state index >= 15 is 0 Å². The monoisotopic (exact) mass is 315 g/mol. The molecule has 0 aromatic heterocycles. The zero-order chi connectivity index (χ0) is 14.9. The predicted octanol–water partition coefficient (Wildman–Crippen LogP) is 2.06. The first kappa shape index (κ1) is 15.3. The van der Waals surface area contributed by atoms with Crippen LogP contribution in [-0.2, 0) is 14.6 Å². The Morgan fingerprint density at radius 3 is 2.35 bits per heavy atom. The van der Waals surface area contributed by atoms with Crippen LogP contribution in [0.15, 0.2) is 18.2 Å². The minimum absolute atomic E-state index is 0.0165. The second kappa shape index (κ2) is 5.74. The van der Waals surface area contributed by atoms with Crippen molar-refractivity contribution in [2.24, 2.45) is 0 Å². The van der Waals surface area contributed by atoms with Gasteiger partial charge in [-0.05, 0) is 43.5 Å². The maximum atomic E-state index is 12.1. The topological polar surface area (TPSA) is 54.5 Å². The third-order valence-corrected chi connectivity index (χ3v) is 5.42. The van der Waals surface area contributed by atoms with Crippen molar-refractivity contribution in [1.82, 2.24) is 0 Å². The highest BCUT2D eigenvalue weighted by molar-refractivity contribution is 7.91. The molecule has 1 amide bonds. The number of hydrogen-bond acceptors (Lipinski definition) is 3. The Kier molecular flexibility index (Phi) is 4.39. The first-order chi connectivity index (χ1) is 9.32. The summed E-state index contributed by atoms with van der Waals surface area (Å²) in [6.07, 6.45) is 0.470. The number of carbonyl (C=O) groups excluding carboxylic acids is 1. The molecule has 0 saturated carbocycles. The SMILES string of the molecule is Cc1cc(C)cc(N(C(=O)CCl)[C@H]2CCS(=O)(=O)C2)c1. The third-order valence-electron chi connectivity index (χ3n) is 3.44. The van der Waals surface area contributed by atoms with Crippen molar-refractivity contribution in [2.45, 2.75) is 26.3 Å². The molecule has 6 heteroatoms. The lowest BCUT2D eigenvalue weighted by molar-refractivity contribution is -0.116. The molecule has 1 aromatic rings. The van der Waals surface area contributed by atoms with E-state index in [-0.39, 0.29) is 29.3 Å². The van der Waals surface area contributed by atoms with Crippen LogP contribution in [0.2, 0.25) is 0 Å². The summed E-state index contributed by atoms with van der Waals surface area (Å²) in [4.78, 5) is 13.7. The highest BCUT2D eigenvalue weighted by Crippen LogP contribution is 2.26. The molecule has 0 aliphatic carbocycles. The summed E-state index contributed by atoms with van der Waals surface area (Å²) in [6, 6.07) is 5.48. The Labute approximate surface area is 124 Å². The number of aryl methyl sites for hydroxylation is 2. The summed E-state index contributed by atoms with van der Waals surface area (Å²) in [5, 5.41) is 0. The molecule has 0 radical (unpaired) electrons. The van der Waals surface area contributed by atoms with E-state index in [0.717, 1.165) is 16.8 Å². The van der Waals surface area contributed by atoms with E-state index in [1.165, 1.54) is 0 Å². The van der Waals surface area contributed by atoms with Gasteiger partial charge in [-0.3, -0.25) is 4.79 Å². The zero-order valence-electron chi connectivity index (χ0n) is 11.6. The van der Waals surface area contributed by atoms with Gasteiger partial charge < -0.3 is 4.90 Å². The largest absolute Gasteiger partial charge is 0.307 e. The Bertz CT molecular complexity index is 607. The molecule has 0 N–H and O–H groups in total. The average Bonchev–Trinajstić information content (AvgIpc) is 2.68. The number of alkyl halides is 1. The van der Waals surface area contributed by atoms with Crippen LogP contribution in [0.1, 0.15) is 17.5 Å². The summed E-state index contributed by atoms with van der Waals surface area (Å²) in [5.74, 6) is -0.250. The van der Waals surface area contributed by atoms with Crippen LogP contribution in [0.3, 0.4) is 0 Å². The number of carbonyl (C=O) groups is 1. The summed E-state index contributed by atoms with van der Waals surface area (Å²) < 4.78 is 23.3.